The molecule has 0 bridgehead atoms. The summed E-state index contributed by atoms with van der Waals surface area (Å²) in [6, 6.07) is 9.38. The van der Waals surface area contributed by atoms with Crippen molar-refractivity contribution in [2.45, 2.75) is 27.2 Å². The summed E-state index contributed by atoms with van der Waals surface area (Å²) in [7, 11) is 0. The van der Waals surface area contributed by atoms with E-state index in [4.69, 9.17) is 0 Å². The number of aliphatic carboxylic acids is 1. The van der Waals surface area contributed by atoms with Crippen molar-refractivity contribution in [3.63, 3.8) is 0 Å². The highest BCUT2D eigenvalue weighted by Crippen LogP contribution is 2.37. The number of nitrogens with one attached hydrogen (secondary N) is 1. The number of hydrogen-bond donors (Lipinski definition) is 2. The maximum Gasteiger partial charge on any atom is 0.334 e. The Kier molecular flexibility index (Phi) is 5.66. The number of dihydropyridines is 1. The molecule has 0 aromatic heterocycles. The van der Waals surface area contributed by atoms with Crippen LogP contribution in [-0.2, 0) is 9.59 Å². The maximum atomic E-state index is 12.4. The third-order valence-electron chi connectivity index (χ3n) is 3.88. The highest BCUT2D eigenvalue weighted by Gasteiger charge is 2.35. The first-order valence-electron chi connectivity index (χ1n) is 7.69. The molecule has 1 aromatic carbocycles. The van der Waals surface area contributed by atoms with E-state index in [0.717, 1.165) is 11.3 Å². The first-order valence-corrected chi connectivity index (χ1v) is 8.67. The molecule has 0 saturated carbocycles. The second-order valence-corrected chi connectivity index (χ2v) is 6.54. The van der Waals surface area contributed by atoms with Crippen LogP contribution in [0.25, 0.3) is 5.70 Å². The summed E-state index contributed by atoms with van der Waals surface area (Å²) in [6.45, 7) is 5.67. The van der Waals surface area contributed by atoms with Crippen LogP contribution in [0.15, 0.2) is 47.2 Å². The topological polar surface area (TPSA) is 66.4 Å². The highest BCUT2D eigenvalue weighted by atomic mass is 32.2. The van der Waals surface area contributed by atoms with E-state index in [0.29, 0.717) is 23.4 Å². The number of rotatable bonds is 5. The molecule has 1 unspecified atom stereocenters. The molecule has 2 rings (SSSR count). The molecule has 0 spiro atoms. The lowest BCUT2D eigenvalue weighted by molar-refractivity contribution is -0.133. The molecule has 1 aliphatic rings. The first-order chi connectivity index (χ1) is 11.0. The molecule has 0 amide bonds. The zero-order chi connectivity index (χ0) is 17.0. The van der Waals surface area contributed by atoms with E-state index in [1.807, 2.05) is 51.1 Å². The quantitative estimate of drug-likeness (QED) is 0.862. The zero-order valence-corrected chi connectivity index (χ0v) is 14.4. The Morgan fingerprint density at radius 1 is 1.17 bits per heavy atom. The van der Waals surface area contributed by atoms with Crippen molar-refractivity contribution in [1.29, 1.82) is 0 Å². The summed E-state index contributed by atoms with van der Waals surface area (Å²) in [5, 5.41) is 12.9. The number of carbonyl (C=O) groups is 2. The van der Waals surface area contributed by atoms with Gasteiger partial charge in [-0.15, -0.1) is 0 Å². The monoisotopic (exact) mass is 331 g/mol. The summed E-state index contributed by atoms with van der Waals surface area (Å²) in [6.07, 6.45) is 0.572. The minimum absolute atomic E-state index is 0.0461. The fourth-order valence-electron chi connectivity index (χ4n) is 2.90. The average Bonchev–Trinajstić information content (AvgIpc) is 2.54. The Hall–Kier alpha value is -2.01. The SMILES string of the molecule is CCSC(=O)C1=C(C)NC(c2ccccc2)=C(C(=O)O)C1CC. The van der Waals surface area contributed by atoms with Crippen LogP contribution in [-0.4, -0.2) is 21.9 Å². The molecule has 0 aliphatic carbocycles. The van der Waals surface area contributed by atoms with E-state index < -0.39 is 11.9 Å². The van der Waals surface area contributed by atoms with Gasteiger partial charge in [-0.1, -0.05) is 55.9 Å². The van der Waals surface area contributed by atoms with Gasteiger partial charge in [-0.3, -0.25) is 4.79 Å². The fraction of sp³-hybridized carbons (Fsp3) is 0.333. The second kappa shape index (κ2) is 7.51. The van der Waals surface area contributed by atoms with Crippen molar-refractivity contribution < 1.29 is 14.7 Å². The molecule has 0 radical (unpaired) electrons. The van der Waals surface area contributed by atoms with Crippen molar-refractivity contribution in [3.8, 4) is 0 Å². The Labute approximate surface area is 140 Å². The molecule has 2 N–H and O–H groups in total. The van der Waals surface area contributed by atoms with Crippen LogP contribution < -0.4 is 5.32 Å². The van der Waals surface area contributed by atoms with Gasteiger partial charge in [0.05, 0.1) is 11.3 Å². The van der Waals surface area contributed by atoms with Crippen LogP contribution in [0, 0.1) is 5.92 Å². The fourth-order valence-corrected chi connectivity index (χ4v) is 3.62. The standard InChI is InChI=1S/C18H21NO3S/c1-4-13-14(18(22)23-5-2)11(3)19-16(15(13)17(20)21)12-9-7-6-8-10-12/h6-10,13,19H,4-5H2,1-3H3,(H,20,21). The van der Waals surface area contributed by atoms with Gasteiger partial charge in [0.25, 0.3) is 0 Å². The van der Waals surface area contributed by atoms with Gasteiger partial charge in [0.15, 0.2) is 0 Å². The third-order valence-corrected chi connectivity index (χ3v) is 4.65. The summed E-state index contributed by atoms with van der Waals surface area (Å²) in [5.41, 5.74) is 2.99. The molecule has 1 heterocycles. The minimum atomic E-state index is -0.984. The van der Waals surface area contributed by atoms with Gasteiger partial charge in [-0.2, -0.15) is 0 Å². The summed E-state index contributed by atoms with van der Waals surface area (Å²) in [5.74, 6) is -0.706. The Morgan fingerprint density at radius 3 is 2.35 bits per heavy atom. The van der Waals surface area contributed by atoms with Gasteiger partial charge in [-0.25, -0.2) is 4.79 Å². The van der Waals surface area contributed by atoms with E-state index in [1.54, 1.807) is 0 Å². The number of carboxylic acids is 1. The summed E-state index contributed by atoms with van der Waals surface area (Å²) < 4.78 is 0. The average molecular weight is 331 g/mol. The summed E-state index contributed by atoms with van der Waals surface area (Å²) >= 11 is 1.22. The molecule has 23 heavy (non-hydrogen) atoms. The van der Waals surface area contributed by atoms with Crippen LogP contribution in [0.5, 0.6) is 0 Å². The molecule has 1 atom stereocenters. The lowest BCUT2D eigenvalue weighted by Crippen LogP contribution is -2.31. The third kappa shape index (κ3) is 3.50. The van der Waals surface area contributed by atoms with Gasteiger partial charge < -0.3 is 10.4 Å². The van der Waals surface area contributed by atoms with E-state index in [-0.39, 0.29) is 10.7 Å². The van der Waals surface area contributed by atoms with Crippen LogP contribution in [0.2, 0.25) is 0 Å². The molecule has 5 heteroatoms. The number of carbonyl (C=O) groups excluding carboxylic acids is 1. The largest absolute Gasteiger partial charge is 0.478 e. The van der Waals surface area contributed by atoms with Crippen LogP contribution in [0.3, 0.4) is 0 Å². The molecule has 1 aromatic rings. The highest BCUT2D eigenvalue weighted by molar-refractivity contribution is 8.14. The molecule has 1 aliphatic heterocycles. The minimum Gasteiger partial charge on any atom is -0.478 e. The number of allylic oxidation sites excluding steroid dienone is 1. The summed E-state index contributed by atoms with van der Waals surface area (Å²) in [4.78, 5) is 24.3. The van der Waals surface area contributed by atoms with Gasteiger partial charge in [-0.05, 0) is 24.7 Å². The lowest BCUT2D eigenvalue weighted by atomic mass is 9.82. The van der Waals surface area contributed by atoms with Crippen molar-refractivity contribution in [2.24, 2.45) is 5.92 Å². The van der Waals surface area contributed by atoms with Crippen LogP contribution in [0.4, 0.5) is 0 Å². The Balaban J connectivity index is 2.57. The van der Waals surface area contributed by atoms with Gasteiger partial charge in [0.2, 0.25) is 5.12 Å². The molecule has 0 fully saturated rings. The lowest BCUT2D eigenvalue weighted by Gasteiger charge is -2.30. The van der Waals surface area contributed by atoms with Crippen LogP contribution in [0.1, 0.15) is 32.8 Å². The Morgan fingerprint density at radius 2 is 1.83 bits per heavy atom. The predicted molar refractivity (Wildman–Crippen MR) is 93.8 cm³/mol. The van der Waals surface area contributed by atoms with Crippen molar-refractivity contribution in [3.05, 3.63) is 52.7 Å². The van der Waals surface area contributed by atoms with E-state index in [2.05, 4.69) is 5.32 Å². The number of thioether (sulfide) groups is 1. The molecule has 4 nitrogen and oxygen atoms in total. The maximum absolute atomic E-state index is 12.4. The zero-order valence-electron chi connectivity index (χ0n) is 13.6. The molecular formula is C18H21NO3S. The predicted octanol–water partition coefficient (Wildman–Crippen LogP) is 3.67. The molecule has 122 valence electrons. The van der Waals surface area contributed by atoms with Gasteiger partial charge in [0.1, 0.15) is 0 Å². The number of benzene rings is 1. The normalized spacial score (nSPS) is 18.0. The van der Waals surface area contributed by atoms with Gasteiger partial charge in [0, 0.05) is 17.2 Å². The number of carboxylic acid groups (broad SMARTS) is 1. The smallest absolute Gasteiger partial charge is 0.334 e. The van der Waals surface area contributed by atoms with Crippen LogP contribution >= 0.6 is 11.8 Å². The number of hydrogen-bond acceptors (Lipinski definition) is 4. The molecule has 0 saturated heterocycles. The van der Waals surface area contributed by atoms with E-state index >= 15 is 0 Å². The Bertz CT molecular complexity index is 677. The molecular weight excluding hydrogens is 310 g/mol. The van der Waals surface area contributed by atoms with E-state index in [9.17, 15) is 14.7 Å². The van der Waals surface area contributed by atoms with Crippen molar-refractivity contribution in [1.82, 2.24) is 5.32 Å². The van der Waals surface area contributed by atoms with Crippen molar-refractivity contribution >= 4 is 28.5 Å². The van der Waals surface area contributed by atoms with Crippen molar-refractivity contribution in [2.75, 3.05) is 5.75 Å². The van der Waals surface area contributed by atoms with Gasteiger partial charge >= 0.3 is 5.97 Å². The first kappa shape index (κ1) is 17.3. The second-order valence-electron chi connectivity index (χ2n) is 5.30. The van der Waals surface area contributed by atoms with E-state index in [1.165, 1.54) is 11.8 Å².